The first-order chi connectivity index (χ1) is 11.9. The van der Waals surface area contributed by atoms with Crippen molar-refractivity contribution in [3.8, 4) is 0 Å². The first-order valence-corrected chi connectivity index (χ1v) is 9.92. The summed E-state index contributed by atoms with van der Waals surface area (Å²) in [6.45, 7) is 5.61. The normalized spacial score (nSPS) is 61.5. The second-order valence-corrected chi connectivity index (χ2v) is 9.89. The number of carbonyl (C=O) groups is 2. The van der Waals surface area contributed by atoms with Crippen molar-refractivity contribution in [3.05, 3.63) is 0 Å². The Balaban J connectivity index is 1.55. The molecule has 0 aromatic carbocycles. The Morgan fingerprint density at radius 2 is 1.88 bits per heavy atom. The molecule has 3 saturated carbocycles. The fourth-order valence-electron chi connectivity index (χ4n) is 8.00. The Hall–Kier alpha value is -0.940. The molecule has 6 aliphatic rings. The summed E-state index contributed by atoms with van der Waals surface area (Å²) in [6.07, 6.45) is 4.28. The van der Waals surface area contributed by atoms with Gasteiger partial charge < -0.3 is 14.2 Å². The molecule has 0 amide bonds. The van der Waals surface area contributed by atoms with Crippen molar-refractivity contribution in [3.63, 3.8) is 0 Å². The number of Topliss-reactive ketones (excluding diaryl/α,β-unsaturated/α-hetero) is 1. The number of ketones is 1. The first-order valence-electron chi connectivity index (χ1n) is 9.92. The zero-order valence-electron chi connectivity index (χ0n) is 15.0. The number of ether oxygens (including phenoxy) is 3. The summed E-state index contributed by atoms with van der Waals surface area (Å²) in [5.41, 5.74) is -1.06. The Labute approximate surface area is 147 Å². The minimum atomic E-state index is -0.905. The van der Waals surface area contributed by atoms with Gasteiger partial charge in [0.25, 0.3) is 0 Å². The van der Waals surface area contributed by atoms with Crippen LogP contribution in [0.3, 0.4) is 0 Å². The van der Waals surface area contributed by atoms with Crippen LogP contribution in [-0.2, 0) is 23.8 Å². The van der Waals surface area contributed by atoms with E-state index in [2.05, 4.69) is 6.92 Å². The van der Waals surface area contributed by atoms with E-state index in [0.29, 0.717) is 18.9 Å². The van der Waals surface area contributed by atoms with Gasteiger partial charge in [-0.05, 0) is 49.4 Å². The third-order valence-corrected chi connectivity index (χ3v) is 9.08. The Morgan fingerprint density at radius 1 is 1.08 bits per heavy atom. The topological polar surface area (TPSA) is 61.8 Å². The molecule has 5 nitrogen and oxygen atoms in total. The van der Waals surface area contributed by atoms with Crippen molar-refractivity contribution < 1.29 is 23.8 Å². The van der Waals surface area contributed by atoms with Crippen molar-refractivity contribution in [2.24, 2.45) is 39.9 Å². The van der Waals surface area contributed by atoms with Crippen molar-refractivity contribution in [2.75, 3.05) is 13.2 Å². The monoisotopic (exact) mass is 346 g/mol. The minimum Gasteiger partial charge on any atom is -0.461 e. The highest BCUT2D eigenvalue weighted by Gasteiger charge is 2.79. The van der Waals surface area contributed by atoms with Crippen molar-refractivity contribution >= 4 is 11.8 Å². The Bertz CT molecular complexity index is 690. The highest BCUT2D eigenvalue weighted by atomic mass is 16.7. The third-order valence-electron chi connectivity index (χ3n) is 9.08. The molecule has 3 heterocycles. The molecule has 0 radical (unpaired) electrons. The molecule has 6 fully saturated rings. The van der Waals surface area contributed by atoms with Gasteiger partial charge >= 0.3 is 5.97 Å². The maximum Gasteiger partial charge on any atom is 0.320 e. The predicted octanol–water partition coefficient (Wildman–Crippen LogP) is 2.32. The molecule has 0 aromatic rings. The highest BCUT2D eigenvalue weighted by molar-refractivity contribution is 6.07. The highest BCUT2D eigenvalue weighted by Crippen LogP contribution is 2.72. The molecule has 2 spiro atoms. The van der Waals surface area contributed by atoms with Crippen LogP contribution in [0.2, 0.25) is 0 Å². The van der Waals surface area contributed by atoms with Gasteiger partial charge in [-0.25, -0.2) is 0 Å². The van der Waals surface area contributed by atoms with Crippen LogP contribution in [0.1, 0.15) is 46.0 Å². The van der Waals surface area contributed by atoms with Crippen LogP contribution < -0.4 is 0 Å². The Kier molecular flexibility index (Phi) is 2.61. The quantitative estimate of drug-likeness (QED) is 0.498. The maximum atomic E-state index is 13.3. The number of hydrogen-bond donors (Lipinski definition) is 0. The SMILES string of the molecule is CC1C(=O)C23CC1CCC2C12COC4OCC(C)(CCC1OC3=O)C42. The zero-order valence-corrected chi connectivity index (χ0v) is 15.0. The van der Waals surface area contributed by atoms with Crippen molar-refractivity contribution in [1.82, 2.24) is 0 Å². The van der Waals surface area contributed by atoms with Crippen molar-refractivity contribution in [2.45, 2.75) is 58.3 Å². The number of hydrogen-bond acceptors (Lipinski definition) is 5. The van der Waals surface area contributed by atoms with Gasteiger partial charge in [0.05, 0.1) is 13.2 Å². The zero-order chi connectivity index (χ0) is 17.2. The largest absolute Gasteiger partial charge is 0.461 e. The van der Waals surface area contributed by atoms with Gasteiger partial charge in [0, 0.05) is 17.3 Å². The summed E-state index contributed by atoms with van der Waals surface area (Å²) >= 11 is 0. The van der Waals surface area contributed by atoms with Crippen LogP contribution in [0.25, 0.3) is 0 Å². The predicted molar refractivity (Wildman–Crippen MR) is 86.3 cm³/mol. The summed E-state index contributed by atoms with van der Waals surface area (Å²) in [7, 11) is 0. The molecule has 3 aliphatic carbocycles. The summed E-state index contributed by atoms with van der Waals surface area (Å²) in [5, 5.41) is 0. The number of rotatable bonds is 0. The van der Waals surface area contributed by atoms with Gasteiger partial charge in [-0.2, -0.15) is 0 Å². The lowest BCUT2D eigenvalue weighted by atomic mass is 9.44. The Morgan fingerprint density at radius 3 is 2.72 bits per heavy atom. The molecule has 9 unspecified atom stereocenters. The first kappa shape index (κ1) is 15.2. The number of esters is 1. The fraction of sp³-hybridized carbons (Fsp3) is 0.900. The van der Waals surface area contributed by atoms with E-state index in [0.717, 1.165) is 32.3 Å². The van der Waals surface area contributed by atoms with E-state index in [1.54, 1.807) is 0 Å². The van der Waals surface area contributed by atoms with Gasteiger partial charge in [-0.3, -0.25) is 9.59 Å². The lowest BCUT2D eigenvalue weighted by Gasteiger charge is -2.60. The molecule has 0 N–H and O–H groups in total. The lowest BCUT2D eigenvalue weighted by molar-refractivity contribution is -0.230. The molecule has 3 aliphatic heterocycles. The summed E-state index contributed by atoms with van der Waals surface area (Å²) in [4.78, 5) is 26.4. The molecule has 0 aromatic heterocycles. The molecule has 25 heavy (non-hydrogen) atoms. The van der Waals surface area contributed by atoms with Crippen LogP contribution in [0.15, 0.2) is 0 Å². The molecule has 136 valence electrons. The fourth-order valence-corrected chi connectivity index (χ4v) is 8.00. The van der Waals surface area contributed by atoms with Gasteiger partial charge in [-0.15, -0.1) is 0 Å². The lowest BCUT2D eigenvalue weighted by Crippen LogP contribution is -2.67. The van der Waals surface area contributed by atoms with E-state index in [1.165, 1.54) is 0 Å². The van der Waals surface area contributed by atoms with E-state index in [4.69, 9.17) is 14.2 Å². The van der Waals surface area contributed by atoms with E-state index in [1.807, 2.05) is 6.92 Å². The molecule has 2 bridgehead atoms. The second-order valence-electron chi connectivity index (χ2n) is 9.89. The molecular formula is C20H26O5. The molecular weight excluding hydrogens is 320 g/mol. The summed E-state index contributed by atoms with van der Waals surface area (Å²) in [6, 6.07) is 0. The van der Waals surface area contributed by atoms with Gasteiger partial charge in [0.1, 0.15) is 11.5 Å². The van der Waals surface area contributed by atoms with Crippen LogP contribution in [0.5, 0.6) is 0 Å². The van der Waals surface area contributed by atoms with Crippen LogP contribution in [-0.4, -0.2) is 37.4 Å². The van der Waals surface area contributed by atoms with E-state index in [9.17, 15) is 9.59 Å². The standard InChI is InChI=1S/C20H26O5/c1-10-11-3-4-12-19(7-11,15(10)21)17(22)25-13-5-6-18(2)8-23-16-14(18)20(12,13)9-24-16/h10-14,16H,3-9H2,1-2H3. The smallest absolute Gasteiger partial charge is 0.320 e. The maximum absolute atomic E-state index is 13.3. The third kappa shape index (κ3) is 1.41. The number of carbonyl (C=O) groups excluding carboxylic acids is 2. The van der Waals surface area contributed by atoms with Crippen molar-refractivity contribution in [1.29, 1.82) is 0 Å². The average molecular weight is 346 g/mol. The van der Waals surface area contributed by atoms with Gasteiger partial charge in [0.15, 0.2) is 12.1 Å². The molecule has 3 saturated heterocycles. The average Bonchev–Trinajstić information content (AvgIpc) is 3.22. The van der Waals surface area contributed by atoms with E-state index >= 15 is 0 Å². The van der Waals surface area contributed by atoms with Crippen LogP contribution >= 0.6 is 0 Å². The summed E-state index contributed by atoms with van der Waals surface area (Å²) in [5.74, 6) is 0.562. The van der Waals surface area contributed by atoms with E-state index < -0.39 is 5.41 Å². The number of fused-ring (bicyclic) bond motifs is 1. The van der Waals surface area contributed by atoms with Crippen LogP contribution in [0.4, 0.5) is 0 Å². The molecule has 6 rings (SSSR count). The van der Waals surface area contributed by atoms with Crippen LogP contribution in [0, 0.1) is 39.9 Å². The molecule has 5 heteroatoms. The van der Waals surface area contributed by atoms with E-state index in [-0.39, 0.29) is 52.7 Å². The molecule has 9 atom stereocenters. The minimum absolute atomic E-state index is 0.0154. The van der Waals surface area contributed by atoms with Gasteiger partial charge in [0.2, 0.25) is 0 Å². The van der Waals surface area contributed by atoms with Gasteiger partial charge in [-0.1, -0.05) is 13.8 Å². The summed E-state index contributed by atoms with van der Waals surface area (Å²) < 4.78 is 18.2. The second kappa shape index (κ2) is 4.30.